The van der Waals surface area contributed by atoms with E-state index in [9.17, 15) is 14.0 Å². The van der Waals surface area contributed by atoms with Crippen LogP contribution in [0.1, 0.15) is 55.9 Å². The summed E-state index contributed by atoms with van der Waals surface area (Å²) in [6, 6.07) is 12.0. The summed E-state index contributed by atoms with van der Waals surface area (Å²) >= 11 is 0. The van der Waals surface area contributed by atoms with Gasteiger partial charge in [-0.2, -0.15) is 0 Å². The summed E-state index contributed by atoms with van der Waals surface area (Å²) in [5.74, 6) is -0.0677. The molecular formula is C24H27FN4O2. The number of β-lactam (4-membered cyclic amide) rings is 1. The Labute approximate surface area is 181 Å². The van der Waals surface area contributed by atoms with Crippen LogP contribution in [0.5, 0.6) is 0 Å². The molecule has 162 valence electrons. The number of amides is 3. The molecule has 3 amide bonds. The maximum Gasteiger partial charge on any atom is 0.317 e. The molecule has 1 aromatic heterocycles. The van der Waals surface area contributed by atoms with Crippen LogP contribution in [0, 0.1) is 11.2 Å². The van der Waals surface area contributed by atoms with Crippen LogP contribution in [0.4, 0.5) is 9.18 Å². The Morgan fingerprint density at radius 3 is 2.48 bits per heavy atom. The molecule has 1 N–H and O–H groups in total. The number of hydrogen-bond acceptors (Lipinski definition) is 3. The summed E-state index contributed by atoms with van der Waals surface area (Å²) in [6.07, 6.45) is 5.22. The number of hydrogen-bond donors (Lipinski definition) is 1. The molecule has 3 aliphatic rings. The third-order valence-corrected chi connectivity index (χ3v) is 7.02. The average molecular weight is 423 g/mol. The Balaban J connectivity index is 1.26. The van der Waals surface area contributed by atoms with E-state index in [1.807, 2.05) is 30.0 Å². The zero-order chi connectivity index (χ0) is 21.6. The Bertz CT molecular complexity index is 969. The third kappa shape index (κ3) is 3.46. The normalized spacial score (nSPS) is 23.4. The number of carbonyl (C=O) groups is 2. The molecule has 1 saturated carbocycles. The minimum atomic E-state index is -0.448. The summed E-state index contributed by atoms with van der Waals surface area (Å²) in [6.45, 7) is 2.96. The standard InChI is InChI=1S/C24H27FN4O2/c1-16(17-5-7-18(25)8-6-17)27-23(31)28-14-11-24(12-15-28)21(20-4-2-3-13-26-20)29(22(24)30)19-9-10-19/h2-8,13,16,19,21H,9-12,14-15H2,1H3,(H,27,31)/t16-,21?/m0/s1. The first kappa shape index (κ1) is 20.0. The highest BCUT2D eigenvalue weighted by Gasteiger charge is 2.65. The minimum absolute atomic E-state index is 0.0112. The fourth-order valence-electron chi connectivity index (χ4n) is 5.09. The molecular weight excluding hydrogens is 395 g/mol. The fraction of sp³-hybridized carbons (Fsp3) is 0.458. The first-order chi connectivity index (χ1) is 15.0. The second-order valence-electron chi connectivity index (χ2n) is 8.97. The van der Waals surface area contributed by atoms with Gasteiger partial charge in [-0.05, 0) is 62.4 Å². The van der Waals surface area contributed by atoms with Gasteiger partial charge in [0.15, 0.2) is 0 Å². The molecule has 1 unspecified atom stereocenters. The van der Waals surface area contributed by atoms with E-state index in [-0.39, 0.29) is 29.8 Å². The number of carbonyl (C=O) groups excluding carboxylic acids is 2. The largest absolute Gasteiger partial charge is 0.331 e. The van der Waals surface area contributed by atoms with Gasteiger partial charge >= 0.3 is 6.03 Å². The van der Waals surface area contributed by atoms with Crippen LogP contribution in [-0.4, -0.2) is 45.9 Å². The van der Waals surface area contributed by atoms with Gasteiger partial charge in [-0.15, -0.1) is 0 Å². The Kier molecular flexibility index (Phi) is 4.91. The number of pyridine rings is 1. The smallest absolute Gasteiger partial charge is 0.317 e. The second-order valence-corrected chi connectivity index (χ2v) is 8.97. The molecule has 2 aromatic rings. The van der Waals surface area contributed by atoms with E-state index in [0.717, 1.165) is 24.1 Å². The Morgan fingerprint density at radius 1 is 1.16 bits per heavy atom. The number of benzene rings is 1. The zero-order valence-electron chi connectivity index (χ0n) is 17.6. The van der Waals surface area contributed by atoms with E-state index >= 15 is 0 Å². The van der Waals surface area contributed by atoms with Gasteiger partial charge in [0.25, 0.3) is 0 Å². The number of halogens is 1. The van der Waals surface area contributed by atoms with Crippen LogP contribution >= 0.6 is 0 Å². The lowest BCUT2D eigenvalue weighted by Gasteiger charge is -2.58. The molecule has 2 atom stereocenters. The molecule has 6 nitrogen and oxygen atoms in total. The van der Waals surface area contributed by atoms with E-state index in [2.05, 4.69) is 10.3 Å². The molecule has 1 spiro atoms. The maximum absolute atomic E-state index is 13.2. The van der Waals surface area contributed by atoms with Crippen molar-refractivity contribution < 1.29 is 14.0 Å². The SMILES string of the molecule is C[C@H](NC(=O)N1CCC2(CC1)C(=O)N(C1CC1)C2c1ccccn1)c1ccc(F)cc1. The number of piperidine rings is 1. The summed E-state index contributed by atoms with van der Waals surface area (Å²) in [5.41, 5.74) is 1.36. The molecule has 3 fully saturated rings. The number of likely N-dealkylation sites (tertiary alicyclic amines) is 2. The van der Waals surface area contributed by atoms with Crippen molar-refractivity contribution in [3.8, 4) is 0 Å². The third-order valence-electron chi connectivity index (χ3n) is 7.02. The highest BCUT2D eigenvalue weighted by molar-refractivity contribution is 5.91. The lowest BCUT2D eigenvalue weighted by molar-refractivity contribution is -0.181. The van der Waals surface area contributed by atoms with Crippen molar-refractivity contribution in [2.45, 2.75) is 50.7 Å². The van der Waals surface area contributed by atoms with Crippen molar-refractivity contribution in [2.75, 3.05) is 13.1 Å². The Morgan fingerprint density at radius 2 is 1.87 bits per heavy atom. The average Bonchev–Trinajstić information content (AvgIpc) is 3.63. The zero-order valence-corrected chi connectivity index (χ0v) is 17.6. The van der Waals surface area contributed by atoms with Gasteiger partial charge in [-0.3, -0.25) is 9.78 Å². The molecule has 0 bridgehead atoms. The molecule has 3 heterocycles. The van der Waals surface area contributed by atoms with Crippen LogP contribution in [0.25, 0.3) is 0 Å². The van der Waals surface area contributed by atoms with Crippen molar-refractivity contribution >= 4 is 11.9 Å². The van der Waals surface area contributed by atoms with Crippen LogP contribution < -0.4 is 5.32 Å². The molecule has 31 heavy (non-hydrogen) atoms. The fourth-order valence-corrected chi connectivity index (χ4v) is 5.09. The van der Waals surface area contributed by atoms with Gasteiger partial charge < -0.3 is 15.1 Å². The van der Waals surface area contributed by atoms with E-state index in [0.29, 0.717) is 32.0 Å². The predicted molar refractivity (Wildman–Crippen MR) is 113 cm³/mol. The number of nitrogens with zero attached hydrogens (tertiary/aromatic N) is 3. The highest BCUT2D eigenvalue weighted by atomic mass is 19.1. The topological polar surface area (TPSA) is 65.5 Å². The van der Waals surface area contributed by atoms with Gasteiger partial charge in [-0.25, -0.2) is 9.18 Å². The first-order valence-corrected chi connectivity index (χ1v) is 11.0. The molecule has 1 aromatic carbocycles. The van der Waals surface area contributed by atoms with Crippen molar-refractivity contribution in [3.05, 3.63) is 65.7 Å². The van der Waals surface area contributed by atoms with Gasteiger partial charge in [0, 0.05) is 25.3 Å². The second kappa shape index (κ2) is 7.62. The van der Waals surface area contributed by atoms with Gasteiger partial charge in [0.05, 0.1) is 23.2 Å². The van der Waals surface area contributed by atoms with E-state index in [1.165, 1.54) is 12.1 Å². The molecule has 2 aliphatic heterocycles. The number of aromatic nitrogens is 1. The molecule has 5 rings (SSSR count). The van der Waals surface area contributed by atoms with E-state index in [1.54, 1.807) is 23.2 Å². The highest BCUT2D eigenvalue weighted by Crippen LogP contribution is 2.58. The Hall–Kier alpha value is -2.96. The lowest BCUT2D eigenvalue weighted by atomic mass is 9.63. The number of rotatable bonds is 4. The summed E-state index contributed by atoms with van der Waals surface area (Å²) in [7, 11) is 0. The molecule has 2 saturated heterocycles. The lowest BCUT2D eigenvalue weighted by Crippen LogP contribution is -2.67. The van der Waals surface area contributed by atoms with Gasteiger partial charge in [0.1, 0.15) is 5.82 Å². The van der Waals surface area contributed by atoms with Crippen LogP contribution in [-0.2, 0) is 4.79 Å². The van der Waals surface area contributed by atoms with Crippen LogP contribution in [0.15, 0.2) is 48.7 Å². The molecule has 1 aliphatic carbocycles. The predicted octanol–water partition coefficient (Wildman–Crippen LogP) is 3.82. The summed E-state index contributed by atoms with van der Waals surface area (Å²) in [5, 5.41) is 3.00. The van der Waals surface area contributed by atoms with Crippen molar-refractivity contribution in [3.63, 3.8) is 0 Å². The molecule has 0 radical (unpaired) electrons. The first-order valence-electron chi connectivity index (χ1n) is 11.0. The maximum atomic E-state index is 13.2. The monoisotopic (exact) mass is 422 g/mol. The van der Waals surface area contributed by atoms with Crippen molar-refractivity contribution in [1.82, 2.24) is 20.1 Å². The number of urea groups is 1. The molecule has 7 heteroatoms. The van der Waals surface area contributed by atoms with Crippen LogP contribution in [0.3, 0.4) is 0 Å². The summed E-state index contributed by atoms with van der Waals surface area (Å²) < 4.78 is 13.2. The van der Waals surface area contributed by atoms with Crippen molar-refractivity contribution in [1.29, 1.82) is 0 Å². The van der Waals surface area contributed by atoms with Gasteiger partial charge in [-0.1, -0.05) is 18.2 Å². The van der Waals surface area contributed by atoms with E-state index < -0.39 is 5.41 Å². The minimum Gasteiger partial charge on any atom is -0.331 e. The quantitative estimate of drug-likeness (QED) is 0.762. The van der Waals surface area contributed by atoms with Crippen LogP contribution in [0.2, 0.25) is 0 Å². The van der Waals surface area contributed by atoms with Gasteiger partial charge in [0.2, 0.25) is 5.91 Å². The summed E-state index contributed by atoms with van der Waals surface area (Å²) in [4.78, 5) is 34.4. The number of nitrogens with one attached hydrogen (secondary N) is 1. The van der Waals surface area contributed by atoms with E-state index in [4.69, 9.17) is 0 Å². The van der Waals surface area contributed by atoms with Crippen molar-refractivity contribution in [2.24, 2.45) is 5.41 Å².